The summed E-state index contributed by atoms with van der Waals surface area (Å²) >= 11 is 0. The first-order valence-corrected chi connectivity index (χ1v) is 10.4. The number of benzene rings is 2. The number of ether oxygens (including phenoxy) is 2. The number of nitrogens with one attached hydrogen (secondary N) is 2. The molecule has 0 aliphatic heterocycles. The van der Waals surface area contributed by atoms with E-state index < -0.39 is 21.5 Å². The van der Waals surface area contributed by atoms with E-state index in [-0.39, 0.29) is 34.9 Å². The van der Waals surface area contributed by atoms with Crippen molar-refractivity contribution < 1.29 is 27.1 Å². The van der Waals surface area contributed by atoms with E-state index in [1.54, 1.807) is 37.3 Å². The highest BCUT2D eigenvalue weighted by molar-refractivity contribution is 7.92. The van der Waals surface area contributed by atoms with Crippen molar-refractivity contribution in [1.82, 2.24) is 0 Å². The summed E-state index contributed by atoms with van der Waals surface area (Å²) < 4.78 is 41.9. The van der Waals surface area contributed by atoms with E-state index in [4.69, 9.17) is 13.9 Å². The largest absolute Gasteiger partial charge is 0.455 e. The number of sulfonamides is 1. The molecule has 0 aliphatic carbocycles. The minimum atomic E-state index is -3.65. The van der Waals surface area contributed by atoms with Crippen molar-refractivity contribution in [3.05, 3.63) is 58.8 Å². The van der Waals surface area contributed by atoms with Gasteiger partial charge >= 0.3 is 6.09 Å². The van der Waals surface area contributed by atoms with Crippen LogP contribution >= 0.6 is 0 Å². The van der Waals surface area contributed by atoms with Crippen LogP contribution in [0.1, 0.15) is 6.92 Å². The topological polar surface area (TPSA) is 124 Å². The molecule has 2 aromatic carbocycles. The fourth-order valence-corrected chi connectivity index (χ4v) is 3.05. The van der Waals surface area contributed by atoms with Crippen LogP contribution in [0.2, 0.25) is 0 Å². The lowest BCUT2D eigenvalue weighted by molar-refractivity contribution is 0.167. The minimum Gasteiger partial charge on any atom is -0.455 e. The van der Waals surface area contributed by atoms with Crippen molar-refractivity contribution in [1.29, 1.82) is 0 Å². The Hall–Kier alpha value is -3.53. The highest BCUT2D eigenvalue weighted by Gasteiger charge is 2.16. The van der Waals surface area contributed by atoms with Crippen molar-refractivity contribution >= 4 is 38.7 Å². The molecular weight excluding hydrogens is 400 g/mol. The average molecular weight is 418 g/mol. The quantitative estimate of drug-likeness (QED) is 0.627. The van der Waals surface area contributed by atoms with Gasteiger partial charge in [-0.05, 0) is 25.1 Å². The van der Waals surface area contributed by atoms with Gasteiger partial charge in [-0.3, -0.25) is 14.8 Å². The van der Waals surface area contributed by atoms with E-state index >= 15 is 0 Å². The van der Waals surface area contributed by atoms with Gasteiger partial charge in [-0.15, -0.1) is 0 Å². The maximum absolute atomic E-state index is 12.5. The molecule has 0 radical (unpaired) electrons. The third kappa shape index (κ3) is 5.26. The first-order chi connectivity index (χ1) is 13.7. The standard InChI is InChI=1S/C19H18N2O7S/c1-3-26-19(23)20-18-11-15(22)13-9-17(27-12-7-5-4-6-8-12)14(10-16(13)28-18)21-29(2,24)25/h4-11,21H,3H2,1-2H3,(H,20,23). The third-order valence-electron chi connectivity index (χ3n) is 3.60. The minimum absolute atomic E-state index is 0.0517. The summed E-state index contributed by atoms with van der Waals surface area (Å²) in [5.41, 5.74) is -0.335. The number of carbonyl (C=O) groups excluding carboxylic acids is 1. The second-order valence-corrected chi connectivity index (χ2v) is 7.70. The van der Waals surface area contributed by atoms with Crippen molar-refractivity contribution in [2.24, 2.45) is 0 Å². The van der Waals surface area contributed by atoms with E-state index in [0.29, 0.717) is 5.75 Å². The zero-order chi connectivity index (χ0) is 21.0. The van der Waals surface area contributed by atoms with Gasteiger partial charge in [-0.2, -0.15) is 0 Å². The summed E-state index contributed by atoms with van der Waals surface area (Å²) in [6, 6.07) is 12.4. The van der Waals surface area contributed by atoms with Gasteiger partial charge in [0.25, 0.3) is 0 Å². The molecule has 0 saturated heterocycles. The van der Waals surface area contributed by atoms with Crippen LogP contribution in [0.5, 0.6) is 11.5 Å². The number of anilines is 2. The number of hydrogen-bond acceptors (Lipinski definition) is 7. The number of carbonyl (C=O) groups is 1. The molecule has 0 unspecified atom stereocenters. The van der Waals surface area contributed by atoms with Crippen LogP contribution in [0, 0.1) is 0 Å². The zero-order valence-corrected chi connectivity index (χ0v) is 16.4. The molecule has 2 N–H and O–H groups in total. The third-order valence-corrected chi connectivity index (χ3v) is 4.19. The molecule has 0 bridgehead atoms. The molecule has 3 aromatic rings. The van der Waals surface area contributed by atoms with E-state index in [1.807, 2.05) is 0 Å². The molecule has 0 saturated carbocycles. The maximum Gasteiger partial charge on any atom is 0.413 e. The molecule has 10 heteroatoms. The molecule has 3 rings (SSSR count). The summed E-state index contributed by atoms with van der Waals surface area (Å²) in [5, 5.41) is 2.44. The van der Waals surface area contributed by atoms with Crippen LogP contribution < -0.4 is 20.2 Å². The lowest BCUT2D eigenvalue weighted by atomic mass is 10.2. The molecule has 0 aliphatic rings. The van der Waals surface area contributed by atoms with Crippen LogP contribution in [0.25, 0.3) is 11.0 Å². The van der Waals surface area contributed by atoms with E-state index in [2.05, 4.69) is 10.0 Å². The summed E-state index contributed by atoms with van der Waals surface area (Å²) in [6.07, 6.45) is 0.201. The monoisotopic (exact) mass is 418 g/mol. The number of rotatable bonds is 6. The van der Waals surface area contributed by atoms with E-state index in [1.165, 1.54) is 12.1 Å². The molecule has 9 nitrogen and oxygen atoms in total. The van der Waals surface area contributed by atoms with Crippen molar-refractivity contribution in [3.8, 4) is 11.5 Å². The lowest BCUT2D eigenvalue weighted by Gasteiger charge is -2.13. The van der Waals surface area contributed by atoms with Crippen molar-refractivity contribution in [2.45, 2.75) is 6.92 Å². The normalized spacial score (nSPS) is 11.1. The lowest BCUT2D eigenvalue weighted by Crippen LogP contribution is -2.15. The molecule has 0 spiro atoms. The van der Waals surface area contributed by atoms with Crippen LogP contribution in [0.3, 0.4) is 0 Å². The summed E-state index contributed by atoms with van der Waals surface area (Å²) in [4.78, 5) is 24.1. The Bertz CT molecular complexity index is 1200. The van der Waals surface area contributed by atoms with Gasteiger partial charge in [0.2, 0.25) is 15.9 Å². The van der Waals surface area contributed by atoms with Crippen molar-refractivity contribution in [3.63, 3.8) is 0 Å². The van der Waals surface area contributed by atoms with E-state index in [9.17, 15) is 18.0 Å². The highest BCUT2D eigenvalue weighted by Crippen LogP contribution is 2.34. The molecular formula is C19H18N2O7S. The molecule has 152 valence electrons. The molecule has 29 heavy (non-hydrogen) atoms. The molecule has 0 atom stereocenters. The smallest absolute Gasteiger partial charge is 0.413 e. The first-order valence-electron chi connectivity index (χ1n) is 8.51. The van der Waals surface area contributed by atoms with E-state index in [0.717, 1.165) is 12.3 Å². The van der Waals surface area contributed by atoms with Crippen LogP contribution in [0.4, 0.5) is 16.4 Å². The Balaban J connectivity index is 2.09. The second-order valence-electron chi connectivity index (χ2n) is 5.95. The fourth-order valence-electron chi connectivity index (χ4n) is 2.49. The SMILES string of the molecule is CCOC(=O)Nc1cc(=O)c2cc(Oc3ccccc3)c(NS(C)(=O)=O)cc2o1. The number of para-hydroxylation sites is 1. The van der Waals surface area contributed by atoms with Crippen molar-refractivity contribution in [2.75, 3.05) is 22.9 Å². The van der Waals surface area contributed by atoms with Gasteiger partial charge < -0.3 is 13.9 Å². The molecule has 1 heterocycles. The highest BCUT2D eigenvalue weighted by atomic mass is 32.2. The Kier molecular flexibility index (Phi) is 5.74. The Morgan fingerprint density at radius 3 is 2.52 bits per heavy atom. The van der Waals surface area contributed by atoms with Gasteiger partial charge in [0.1, 0.15) is 11.3 Å². The first kappa shape index (κ1) is 20.2. The average Bonchev–Trinajstić information content (AvgIpc) is 2.62. The number of hydrogen-bond donors (Lipinski definition) is 2. The predicted molar refractivity (Wildman–Crippen MR) is 108 cm³/mol. The summed E-state index contributed by atoms with van der Waals surface area (Å²) in [6.45, 7) is 1.78. The second kappa shape index (κ2) is 8.23. The summed E-state index contributed by atoms with van der Waals surface area (Å²) in [5.74, 6) is 0.434. The Morgan fingerprint density at radius 2 is 1.86 bits per heavy atom. The zero-order valence-electron chi connectivity index (χ0n) is 15.6. The fraction of sp³-hybridized carbons (Fsp3) is 0.158. The Morgan fingerprint density at radius 1 is 1.14 bits per heavy atom. The van der Waals surface area contributed by atoms with Crippen LogP contribution in [-0.4, -0.2) is 27.4 Å². The molecule has 1 aromatic heterocycles. The number of fused-ring (bicyclic) bond motifs is 1. The van der Waals surface area contributed by atoms with Gasteiger partial charge in [0.15, 0.2) is 11.2 Å². The summed E-state index contributed by atoms with van der Waals surface area (Å²) in [7, 11) is -3.65. The van der Waals surface area contributed by atoms with Gasteiger partial charge in [-0.25, -0.2) is 13.2 Å². The number of amides is 1. The van der Waals surface area contributed by atoms with Crippen LogP contribution in [0.15, 0.2) is 57.7 Å². The van der Waals surface area contributed by atoms with Crippen LogP contribution in [-0.2, 0) is 14.8 Å². The van der Waals surface area contributed by atoms with Gasteiger partial charge in [0.05, 0.1) is 23.9 Å². The maximum atomic E-state index is 12.5. The molecule has 1 amide bonds. The van der Waals surface area contributed by atoms with Gasteiger partial charge in [0, 0.05) is 12.1 Å². The van der Waals surface area contributed by atoms with Gasteiger partial charge in [-0.1, -0.05) is 18.2 Å². The Labute approximate surface area is 166 Å². The molecule has 0 fully saturated rings. The predicted octanol–water partition coefficient (Wildman–Crippen LogP) is 3.53.